The molecule has 0 radical (unpaired) electrons. The fourth-order valence-electron chi connectivity index (χ4n) is 3.90. The molecule has 0 saturated heterocycles. The number of unbranched alkanes of at least 4 members (excludes halogenated alkanes) is 1. The number of nitrogens with zero attached hydrogens (tertiary/aromatic N) is 4. The average molecular weight is 473 g/mol. The van der Waals surface area contributed by atoms with Crippen LogP contribution >= 0.6 is 23.1 Å². The number of hydrogen-bond donors (Lipinski definition) is 0. The van der Waals surface area contributed by atoms with Crippen molar-refractivity contribution in [3.05, 3.63) is 54.7 Å². The Morgan fingerprint density at radius 2 is 2.12 bits per heavy atom. The molecule has 0 bridgehead atoms. The topological polar surface area (TPSA) is 98.3 Å². The van der Waals surface area contributed by atoms with Gasteiger partial charge in [0, 0.05) is 35.8 Å². The molecule has 0 unspecified atom stereocenters. The summed E-state index contributed by atoms with van der Waals surface area (Å²) in [5.41, 5.74) is 2.49. The maximum atomic E-state index is 13.2. The highest BCUT2D eigenvalue weighted by atomic mass is 32.2. The molecule has 0 atom stereocenters. The van der Waals surface area contributed by atoms with Crippen molar-refractivity contribution in [1.82, 2.24) is 9.55 Å². The zero-order valence-corrected chi connectivity index (χ0v) is 19.8. The van der Waals surface area contributed by atoms with Crippen LogP contribution in [-0.2, 0) is 17.8 Å². The Hall–Kier alpha value is -2.72. The number of anilines is 1. The van der Waals surface area contributed by atoms with Crippen molar-refractivity contribution in [3.8, 4) is 0 Å². The number of thiophene rings is 1. The van der Waals surface area contributed by atoms with Crippen LogP contribution in [0.5, 0.6) is 0 Å². The standard InChI is InChI=1S/C22H24N4O4S2/c1-4-5-9-25-21(28)19-13(2)14(3)32-20(19)23-22(25)31-12-18(27)24-10-8-15-11-16(26(29)30)6-7-17(15)24/h6-7,11H,4-5,8-10,12H2,1-3H3. The van der Waals surface area contributed by atoms with Crippen LogP contribution in [0.3, 0.4) is 0 Å². The molecule has 1 aromatic carbocycles. The van der Waals surface area contributed by atoms with E-state index in [2.05, 4.69) is 6.92 Å². The van der Waals surface area contributed by atoms with Gasteiger partial charge < -0.3 is 4.90 Å². The van der Waals surface area contributed by atoms with E-state index in [1.807, 2.05) is 13.8 Å². The van der Waals surface area contributed by atoms with Gasteiger partial charge in [-0.1, -0.05) is 25.1 Å². The minimum absolute atomic E-state index is 0.0337. The molecule has 4 rings (SSSR count). The van der Waals surface area contributed by atoms with E-state index >= 15 is 0 Å². The van der Waals surface area contributed by atoms with E-state index < -0.39 is 4.92 Å². The fraction of sp³-hybridized carbons (Fsp3) is 0.409. The molecule has 1 aliphatic heterocycles. The summed E-state index contributed by atoms with van der Waals surface area (Å²) in [6.45, 7) is 7.08. The van der Waals surface area contributed by atoms with Gasteiger partial charge in [-0.25, -0.2) is 4.98 Å². The Kier molecular flexibility index (Phi) is 6.34. The maximum absolute atomic E-state index is 13.2. The molecule has 3 aromatic rings. The summed E-state index contributed by atoms with van der Waals surface area (Å²) in [7, 11) is 0. The predicted molar refractivity (Wildman–Crippen MR) is 128 cm³/mol. The number of nitro groups is 1. The highest BCUT2D eigenvalue weighted by molar-refractivity contribution is 7.99. The first kappa shape index (κ1) is 22.5. The number of fused-ring (bicyclic) bond motifs is 2. The lowest BCUT2D eigenvalue weighted by atomic mass is 10.1. The molecular weight excluding hydrogens is 448 g/mol. The molecule has 0 fully saturated rings. The van der Waals surface area contributed by atoms with Gasteiger partial charge in [0.2, 0.25) is 5.91 Å². The number of thioether (sulfide) groups is 1. The van der Waals surface area contributed by atoms with Crippen LogP contribution in [0.4, 0.5) is 11.4 Å². The van der Waals surface area contributed by atoms with E-state index in [1.54, 1.807) is 15.5 Å². The second kappa shape index (κ2) is 9.03. The largest absolute Gasteiger partial charge is 0.311 e. The van der Waals surface area contributed by atoms with Crippen molar-refractivity contribution < 1.29 is 9.72 Å². The van der Waals surface area contributed by atoms with Gasteiger partial charge >= 0.3 is 0 Å². The van der Waals surface area contributed by atoms with Gasteiger partial charge in [-0.2, -0.15) is 0 Å². The molecule has 32 heavy (non-hydrogen) atoms. The average Bonchev–Trinajstić information content (AvgIpc) is 3.31. The molecule has 0 aliphatic carbocycles. The number of benzene rings is 1. The third-order valence-corrected chi connectivity index (χ3v) is 7.85. The summed E-state index contributed by atoms with van der Waals surface area (Å²) < 4.78 is 1.70. The van der Waals surface area contributed by atoms with Crippen molar-refractivity contribution in [2.75, 3.05) is 17.2 Å². The summed E-state index contributed by atoms with van der Waals surface area (Å²) in [6, 6.07) is 4.60. The second-order valence-electron chi connectivity index (χ2n) is 7.82. The van der Waals surface area contributed by atoms with Gasteiger partial charge in [0.15, 0.2) is 5.16 Å². The monoisotopic (exact) mass is 472 g/mol. The number of rotatable bonds is 7. The van der Waals surface area contributed by atoms with Crippen molar-refractivity contribution >= 4 is 50.6 Å². The first-order chi connectivity index (χ1) is 15.3. The van der Waals surface area contributed by atoms with Crippen LogP contribution < -0.4 is 10.5 Å². The maximum Gasteiger partial charge on any atom is 0.269 e. The number of aryl methyl sites for hydroxylation is 2. The van der Waals surface area contributed by atoms with Crippen LogP contribution in [0.2, 0.25) is 0 Å². The van der Waals surface area contributed by atoms with Crippen LogP contribution in [0, 0.1) is 24.0 Å². The Labute approximate surface area is 193 Å². The Morgan fingerprint density at radius 3 is 2.84 bits per heavy atom. The number of amides is 1. The first-order valence-electron chi connectivity index (χ1n) is 10.5. The minimum Gasteiger partial charge on any atom is -0.311 e. The Bertz CT molecular complexity index is 1280. The summed E-state index contributed by atoms with van der Waals surface area (Å²) in [5, 5.41) is 12.3. The lowest BCUT2D eigenvalue weighted by Crippen LogP contribution is -2.31. The molecule has 1 aliphatic rings. The lowest BCUT2D eigenvalue weighted by Gasteiger charge is -2.17. The molecule has 0 N–H and O–H groups in total. The predicted octanol–water partition coefficient (Wildman–Crippen LogP) is 4.46. The van der Waals surface area contributed by atoms with E-state index in [9.17, 15) is 19.7 Å². The van der Waals surface area contributed by atoms with Crippen molar-refractivity contribution in [3.63, 3.8) is 0 Å². The van der Waals surface area contributed by atoms with E-state index in [4.69, 9.17) is 4.98 Å². The van der Waals surface area contributed by atoms with Crippen molar-refractivity contribution in [2.24, 2.45) is 0 Å². The Balaban J connectivity index is 1.59. The molecule has 0 saturated carbocycles. The lowest BCUT2D eigenvalue weighted by molar-refractivity contribution is -0.384. The Morgan fingerprint density at radius 1 is 1.34 bits per heavy atom. The zero-order valence-electron chi connectivity index (χ0n) is 18.2. The molecule has 2 aromatic heterocycles. The second-order valence-corrected chi connectivity index (χ2v) is 9.97. The van der Waals surface area contributed by atoms with Crippen LogP contribution in [0.1, 0.15) is 35.8 Å². The smallest absolute Gasteiger partial charge is 0.269 e. The molecule has 0 spiro atoms. The van der Waals surface area contributed by atoms with Crippen molar-refractivity contribution in [2.45, 2.75) is 51.7 Å². The zero-order chi connectivity index (χ0) is 23.0. The van der Waals surface area contributed by atoms with Crippen LogP contribution in [0.25, 0.3) is 10.2 Å². The SMILES string of the molecule is CCCCn1c(SCC(=O)N2CCc3cc([N+](=O)[O-])ccc32)nc2sc(C)c(C)c2c1=O. The normalized spacial score (nSPS) is 13.0. The van der Waals surface area contributed by atoms with Gasteiger partial charge in [-0.05, 0) is 43.9 Å². The summed E-state index contributed by atoms with van der Waals surface area (Å²) in [6.07, 6.45) is 2.40. The number of carbonyl (C=O) groups excluding carboxylic acids is 1. The van der Waals surface area contributed by atoms with Gasteiger partial charge in [0.1, 0.15) is 4.83 Å². The number of carbonyl (C=O) groups is 1. The third-order valence-electron chi connectivity index (χ3n) is 5.78. The number of non-ortho nitro benzene ring substituents is 1. The molecule has 168 valence electrons. The van der Waals surface area contributed by atoms with Crippen LogP contribution in [0.15, 0.2) is 28.2 Å². The highest BCUT2D eigenvalue weighted by Gasteiger charge is 2.27. The summed E-state index contributed by atoms with van der Waals surface area (Å²) >= 11 is 2.78. The molecular formula is C22H24N4O4S2. The first-order valence-corrected chi connectivity index (χ1v) is 12.3. The fourth-order valence-corrected chi connectivity index (χ4v) is 5.87. The van der Waals surface area contributed by atoms with Gasteiger partial charge in [0.25, 0.3) is 11.2 Å². The molecule has 1 amide bonds. The quantitative estimate of drug-likeness (QED) is 0.218. The number of nitro benzene ring substituents is 1. The van der Waals surface area contributed by atoms with E-state index in [-0.39, 0.29) is 22.9 Å². The van der Waals surface area contributed by atoms with E-state index in [1.165, 1.54) is 35.2 Å². The van der Waals surface area contributed by atoms with Gasteiger partial charge in [-0.15, -0.1) is 11.3 Å². The number of aromatic nitrogens is 2. The van der Waals surface area contributed by atoms with E-state index in [0.717, 1.165) is 34.5 Å². The molecule has 8 nitrogen and oxygen atoms in total. The molecule has 10 heteroatoms. The summed E-state index contributed by atoms with van der Waals surface area (Å²) in [5.74, 6) is 0.0432. The third kappa shape index (κ3) is 4.04. The van der Waals surface area contributed by atoms with Crippen molar-refractivity contribution in [1.29, 1.82) is 0 Å². The summed E-state index contributed by atoms with van der Waals surface area (Å²) in [4.78, 5) is 45.0. The van der Waals surface area contributed by atoms with Crippen LogP contribution in [-0.4, -0.2) is 32.7 Å². The molecule has 3 heterocycles. The number of hydrogen-bond acceptors (Lipinski definition) is 7. The minimum atomic E-state index is -0.425. The van der Waals surface area contributed by atoms with Gasteiger partial charge in [0.05, 0.1) is 16.1 Å². The van der Waals surface area contributed by atoms with E-state index in [0.29, 0.717) is 34.9 Å². The highest BCUT2D eigenvalue weighted by Crippen LogP contribution is 2.33. The van der Waals surface area contributed by atoms with Gasteiger partial charge in [-0.3, -0.25) is 24.3 Å².